The molecule has 0 spiro atoms. The average molecular weight is 452 g/mol. The molecule has 1 fully saturated rings. The van der Waals surface area contributed by atoms with Gasteiger partial charge in [-0.2, -0.15) is 5.10 Å². The van der Waals surface area contributed by atoms with Crippen LogP contribution in [0, 0.1) is 0 Å². The van der Waals surface area contributed by atoms with E-state index in [-0.39, 0.29) is 11.9 Å². The Morgan fingerprint density at radius 1 is 1.09 bits per heavy atom. The molecule has 1 aliphatic rings. The minimum absolute atomic E-state index is 0.0790. The Kier molecular flexibility index (Phi) is 6.75. The van der Waals surface area contributed by atoms with E-state index in [1.807, 2.05) is 54.3 Å². The van der Waals surface area contributed by atoms with Crippen molar-refractivity contribution in [1.82, 2.24) is 20.0 Å². The van der Waals surface area contributed by atoms with E-state index >= 15 is 0 Å². The van der Waals surface area contributed by atoms with Gasteiger partial charge in [-0.05, 0) is 55.2 Å². The van der Waals surface area contributed by atoms with Crippen molar-refractivity contribution in [3.8, 4) is 5.69 Å². The van der Waals surface area contributed by atoms with Crippen LogP contribution in [0.15, 0.2) is 54.7 Å². The normalized spacial score (nSPS) is 13.2. The van der Waals surface area contributed by atoms with Gasteiger partial charge >= 0.3 is 6.03 Å². The number of hydrogen-bond acceptors (Lipinski definition) is 3. The maximum Gasteiger partial charge on any atom is 0.321 e. The third-order valence-corrected chi connectivity index (χ3v) is 5.76. The second kappa shape index (κ2) is 9.87. The van der Waals surface area contributed by atoms with Gasteiger partial charge in [0.2, 0.25) is 0 Å². The number of benzene rings is 2. The molecule has 8 heteroatoms. The van der Waals surface area contributed by atoms with Gasteiger partial charge in [-0.15, -0.1) is 0 Å². The molecule has 0 bridgehead atoms. The van der Waals surface area contributed by atoms with Crippen LogP contribution < -0.4 is 10.6 Å². The lowest BCUT2D eigenvalue weighted by Gasteiger charge is -2.16. The van der Waals surface area contributed by atoms with Crippen molar-refractivity contribution >= 4 is 29.2 Å². The van der Waals surface area contributed by atoms with Gasteiger partial charge in [0.1, 0.15) is 0 Å². The fourth-order valence-electron chi connectivity index (χ4n) is 3.89. The molecule has 0 radical (unpaired) electrons. The standard InChI is InChI=1S/C24H26ClN5O2/c1-2-22-21(16-27-30(22)20-10-6-8-18(25)14-20)23(31)26-15-17-7-5-9-19(13-17)28-24(32)29-11-3-4-12-29/h5-10,13-14,16H,2-4,11-12,15H2,1H3,(H,26,31)(H,28,32). The molecular weight excluding hydrogens is 426 g/mol. The topological polar surface area (TPSA) is 79.3 Å². The van der Waals surface area contributed by atoms with Gasteiger partial charge in [-0.3, -0.25) is 4.79 Å². The fraction of sp³-hybridized carbons (Fsp3) is 0.292. The molecule has 2 N–H and O–H groups in total. The van der Waals surface area contributed by atoms with Crippen molar-refractivity contribution < 1.29 is 9.59 Å². The summed E-state index contributed by atoms with van der Waals surface area (Å²) in [5, 5.41) is 10.9. The number of anilines is 1. The number of hydrogen-bond donors (Lipinski definition) is 2. The highest BCUT2D eigenvalue weighted by Crippen LogP contribution is 2.19. The van der Waals surface area contributed by atoms with Gasteiger partial charge in [0.25, 0.3) is 5.91 Å². The number of aromatic nitrogens is 2. The van der Waals surface area contributed by atoms with Crippen molar-refractivity contribution in [2.45, 2.75) is 32.7 Å². The highest BCUT2D eigenvalue weighted by Gasteiger charge is 2.19. The number of likely N-dealkylation sites (tertiary alicyclic amines) is 1. The minimum Gasteiger partial charge on any atom is -0.348 e. The zero-order valence-electron chi connectivity index (χ0n) is 18.0. The fourth-order valence-corrected chi connectivity index (χ4v) is 4.08. The number of nitrogens with one attached hydrogen (secondary N) is 2. The summed E-state index contributed by atoms with van der Waals surface area (Å²) in [6.45, 7) is 3.92. The van der Waals surface area contributed by atoms with Crippen LogP contribution >= 0.6 is 11.6 Å². The quantitative estimate of drug-likeness (QED) is 0.572. The summed E-state index contributed by atoms with van der Waals surface area (Å²) in [4.78, 5) is 27.0. The first kappa shape index (κ1) is 21.9. The van der Waals surface area contributed by atoms with E-state index in [2.05, 4.69) is 15.7 Å². The summed E-state index contributed by atoms with van der Waals surface area (Å²) in [6.07, 6.45) is 4.33. The van der Waals surface area contributed by atoms with E-state index in [1.165, 1.54) is 0 Å². The predicted molar refractivity (Wildman–Crippen MR) is 125 cm³/mol. The van der Waals surface area contributed by atoms with Gasteiger partial charge in [-0.25, -0.2) is 9.48 Å². The van der Waals surface area contributed by atoms with Crippen LogP contribution in [0.25, 0.3) is 5.69 Å². The second-order valence-electron chi connectivity index (χ2n) is 7.76. The average Bonchev–Trinajstić information content (AvgIpc) is 3.48. The molecule has 0 aliphatic carbocycles. The first-order valence-electron chi connectivity index (χ1n) is 10.8. The summed E-state index contributed by atoms with van der Waals surface area (Å²) in [7, 11) is 0. The SMILES string of the molecule is CCc1c(C(=O)NCc2cccc(NC(=O)N3CCCC3)c2)cnn1-c1cccc(Cl)c1. The summed E-state index contributed by atoms with van der Waals surface area (Å²) in [6, 6.07) is 14.8. The van der Waals surface area contributed by atoms with E-state index in [0.717, 1.165) is 48.6 Å². The van der Waals surface area contributed by atoms with Gasteiger partial charge in [-0.1, -0.05) is 36.7 Å². The van der Waals surface area contributed by atoms with Gasteiger partial charge < -0.3 is 15.5 Å². The number of carbonyl (C=O) groups excluding carboxylic acids is 2. The van der Waals surface area contributed by atoms with Crippen LogP contribution in [0.2, 0.25) is 5.02 Å². The Balaban J connectivity index is 1.42. The highest BCUT2D eigenvalue weighted by atomic mass is 35.5. The first-order chi connectivity index (χ1) is 15.5. The molecule has 2 aromatic carbocycles. The number of halogens is 1. The van der Waals surface area contributed by atoms with E-state index in [4.69, 9.17) is 11.6 Å². The van der Waals surface area contributed by atoms with Crippen molar-refractivity contribution in [2.75, 3.05) is 18.4 Å². The molecule has 1 saturated heterocycles. The Labute approximate surface area is 192 Å². The largest absolute Gasteiger partial charge is 0.348 e. The van der Waals surface area contributed by atoms with Crippen LogP contribution in [0.3, 0.4) is 0 Å². The van der Waals surface area contributed by atoms with Gasteiger partial charge in [0, 0.05) is 30.3 Å². The number of amides is 3. The van der Waals surface area contributed by atoms with Crippen molar-refractivity contribution in [1.29, 1.82) is 0 Å². The molecule has 0 saturated carbocycles. The summed E-state index contributed by atoms with van der Waals surface area (Å²) in [5.74, 6) is -0.193. The Morgan fingerprint density at radius 2 is 1.88 bits per heavy atom. The van der Waals surface area contributed by atoms with E-state index in [9.17, 15) is 9.59 Å². The zero-order valence-corrected chi connectivity index (χ0v) is 18.7. The maximum atomic E-state index is 12.9. The van der Waals surface area contributed by atoms with Crippen LogP contribution in [-0.4, -0.2) is 39.7 Å². The Morgan fingerprint density at radius 3 is 2.62 bits per heavy atom. The molecule has 3 amide bonds. The van der Waals surface area contributed by atoms with Crippen molar-refractivity contribution in [3.05, 3.63) is 76.6 Å². The maximum absolute atomic E-state index is 12.9. The zero-order chi connectivity index (χ0) is 22.5. The van der Waals surface area contributed by atoms with Gasteiger partial charge in [0.05, 0.1) is 23.1 Å². The smallest absolute Gasteiger partial charge is 0.321 e. The van der Waals surface area contributed by atoms with Crippen molar-refractivity contribution in [2.24, 2.45) is 0 Å². The third kappa shape index (κ3) is 4.94. The van der Waals surface area contributed by atoms with E-state index in [1.54, 1.807) is 16.9 Å². The van der Waals surface area contributed by atoms with Crippen LogP contribution in [0.1, 0.15) is 41.4 Å². The molecule has 166 valence electrons. The van der Waals surface area contributed by atoms with Crippen LogP contribution in [0.4, 0.5) is 10.5 Å². The molecule has 2 heterocycles. The monoisotopic (exact) mass is 451 g/mol. The highest BCUT2D eigenvalue weighted by molar-refractivity contribution is 6.30. The van der Waals surface area contributed by atoms with Crippen LogP contribution in [-0.2, 0) is 13.0 Å². The molecule has 0 atom stereocenters. The third-order valence-electron chi connectivity index (χ3n) is 5.53. The van der Waals surface area contributed by atoms with E-state index < -0.39 is 0 Å². The molecule has 0 unspecified atom stereocenters. The second-order valence-corrected chi connectivity index (χ2v) is 8.19. The lowest BCUT2D eigenvalue weighted by Crippen LogP contribution is -2.32. The van der Waals surface area contributed by atoms with Crippen LogP contribution in [0.5, 0.6) is 0 Å². The van der Waals surface area contributed by atoms with Gasteiger partial charge in [0.15, 0.2) is 0 Å². The molecule has 7 nitrogen and oxygen atoms in total. The molecule has 32 heavy (non-hydrogen) atoms. The van der Waals surface area contributed by atoms with E-state index in [0.29, 0.717) is 23.6 Å². The lowest BCUT2D eigenvalue weighted by molar-refractivity contribution is 0.0950. The summed E-state index contributed by atoms with van der Waals surface area (Å²) < 4.78 is 1.75. The Hall–Kier alpha value is -3.32. The number of carbonyl (C=O) groups is 2. The molecule has 1 aromatic heterocycles. The summed E-state index contributed by atoms with van der Waals surface area (Å²) >= 11 is 6.11. The number of rotatable bonds is 6. The number of nitrogens with zero attached hydrogens (tertiary/aromatic N) is 3. The molecular formula is C24H26ClN5O2. The van der Waals surface area contributed by atoms with Crippen molar-refractivity contribution in [3.63, 3.8) is 0 Å². The first-order valence-corrected chi connectivity index (χ1v) is 11.2. The Bertz CT molecular complexity index is 1120. The lowest BCUT2D eigenvalue weighted by atomic mass is 10.1. The molecule has 4 rings (SSSR count). The minimum atomic E-state index is -0.193. The number of urea groups is 1. The summed E-state index contributed by atoms with van der Waals surface area (Å²) in [5.41, 5.74) is 3.78. The predicted octanol–water partition coefficient (Wildman–Crippen LogP) is 4.65. The molecule has 1 aliphatic heterocycles. The molecule has 3 aromatic rings.